The van der Waals surface area contributed by atoms with Crippen LogP contribution in [0.5, 0.6) is 11.5 Å². The first kappa shape index (κ1) is 22.7. The van der Waals surface area contributed by atoms with Gasteiger partial charge in [-0.05, 0) is 55.3 Å². The first-order valence-electron chi connectivity index (χ1n) is 11.7. The van der Waals surface area contributed by atoms with Crippen LogP contribution in [0.15, 0.2) is 72.6 Å². The third kappa shape index (κ3) is 4.14. The van der Waals surface area contributed by atoms with Crippen LogP contribution in [0.1, 0.15) is 42.1 Å². The number of para-hydroxylation sites is 1. The summed E-state index contributed by atoms with van der Waals surface area (Å²) >= 11 is 0. The zero-order valence-corrected chi connectivity index (χ0v) is 19.6. The summed E-state index contributed by atoms with van der Waals surface area (Å²) in [4.78, 5) is 32.3. The van der Waals surface area contributed by atoms with E-state index < -0.39 is 17.7 Å². The topological polar surface area (TPSA) is 89.0 Å². The molecule has 7 heteroatoms. The van der Waals surface area contributed by atoms with Crippen molar-refractivity contribution in [2.45, 2.75) is 39.0 Å². The number of aliphatic hydroxyl groups is 1. The van der Waals surface area contributed by atoms with Gasteiger partial charge in [0.05, 0.1) is 18.2 Å². The number of likely N-dealkylation sites (tertiary alicyclic amines) is 1. The number of benzene rings is 2. The van der Waals surface area contributed by atoms with E-state index >= 15 is 0 Å². The van der Waals surface area contributed by atoms with Gasteiger partial charge in [0.15, 0.2) is 0 Å². The van der Waals surface area contributed by atoms with Gasteiger partial charge >= 0.3 is 0 Å². The first-order valence-corrected chi connectivity index (χ1v) is 11.7. The van der Waals surface area contributed by atoms with Crippen LogP contribution in [0.3, 0.4) is 0 Å². The second-order valence-corrected chi connectivity index (χ2v) is 8.71. The zero-order chi connectivity index (χ0) is 24.5. The monoisotopic (exact) mass is 470 g/mol. The molecule has 2 aromatic carbocycles. The van der Waals surface area contributed by atoms with Gasteiger partial charge in [-0.3, -0.25) is 14.6 Å². The SMILES string of the molecule is CCOc1ccccc1C1/C(=C(\O)c2ccc3c(c2)CC(C)O3)C(=O)C(=O)N1Cc1cccnc1. The molecule has 3 aromatic rings. The van der Waals surface area contributed by atoms with Crippen LogP contribution in [-0.2, 0) is 22.6 Å². The maximum absolute atomic E-state index is 13.4. The number of ether oxygens (including phenoxy) is 2. The Balaban J connectivity index is 1.66. The molecule has 1 saturated heterocycles. The molecule has 0 saturated carbocycles. The van der Waals surface area contributed by atoms with Gasteiger partial charge in [-0.15, -0.1) is 0 Å². The van der Waals surface area contributed by atoms with E-state index in [1.54, 1.807) is 36.7 Å². The number of hydrogen-bond donors (Lipinski definition) is 1. The Labute approximate surface area is 203 Å². The molecular weight excluding hydrogens is 444 g/mol. The van der Waals surface area contributed by atoms with Crippen LogP contribution in [0.4, 0.5) is 0 Å². The van der Waals surface area contributed by atoms with E-state index in [1.165, 1.54) is 4.90 Å². The minimum Gasteiger partial charge on any atom is -0.507 e. The molecule has 2 aliphatic rings. The lowest BCUT2D eigenvalue weighted by molar-refractivity contribution is -0.140. The summed E-state index contributed by atoms with van der Waals surface area (Å²) in [7, 11) is 0. The molecule has 1 aromatic heterocycles. The average molecular weight is 471 g/mol. The van der Waals surface area contributed by atoms with Gasteiger partial charge in [0.1, 0.15) is 23.4 Å². The van der Waals surface area contributed by atoms with Gasteiger partial charge in [0.25, 0.3) is 11.7 Å². The fourth-order valence-corrected chi connectivity index (χ4v) is 4.77. The number of amides is 1. The Morgan fingerprint density at radius 2 is 2.00 bits per heavy atom. The molecule has 0 aliphatic carbocycles. The Hall–Kier alpha value is -4.13. The fourth-order valence-electron chi connectivity index (χ4n) is 4.77. The van der Waals surface area contributed by atoms with Crippen molar-refractivity contribution >= 4 is 17.4 Å². The molecule has 2 aliphatic heterocycles. The fraction of sp³-hybridized carbons (Fsp3) is 0.250. The number of hydrogen-bond acceptors (Lipinski definition) is 6. The van der Waals surface area contributed by atoms with E-state index in [-0.39, 0.29) is 24.0 Å². The number of aromatic nitrogens is 1. The van der Waals surface area contributed by atoms with Gasteiger partial charge in [-0.1, -0.05) is 24.3 Å². The van der Waals surface area contributed by atoms with Crippen molar-refractivity contribution in [3.8, 4) is 11.5 Å². The molecule has 3 heterocycles. The molecule has 178 valence electrons. The number of fused-ring (bicyclic) bond motifs is 1. The predicted molar refractivity (Wildman–Crippen MR) is 130 cm³/mol. The summed E-state index contributed by atoms with van der Waals surface area (Å²) in [6.45, 7) is 4.43. The summed E-state index contributed by atoms with van der Waals surface area (Å²) < 4.78 is 11.6. The lowest BCUT2D eigenvalue weighted by atomic mass is 9.93. The van der Waals surface area contributed by atoms with Crippen LogP contribution < -0.4 is 9.47 Å². The number of aliphatic hydroxyl groups excluding tert-OH is 1. The van der Waals surface area contributed by atoms with Crippen molar-refractivity contribution in [3.63, 3.8) is 0 Å². The molecule has 5 rings (SSSR count). The Kier molecular flexibility index (Phi) is 5.99. The normalized spacial score (nSPS) is 20.6. The highest BCUT2D eigenvalue weighted by Crippen LogP contribution is 2.44. The number of carbonyl (C=O) groups excluding carboxylic acids is 2. The van der Waals surface area contributed by atoms with E-state index in [9.17, 15) is 14.7 Å². The average Bonchev–Trinajstić information content (AvgIpc) is 3.36. The van der Waals surface area contributed by atoms with Crippen LogP contribution in [0.25, 0.3) is 5.76 Å². The molecule has 1 amide bonds. The lowest BCUT2D eigenvalue weighted by Crippen LogP contribution is -2.29. The third-order valence-corrected chi connectivity index (χ3v) is 6.30. The van der Waals surface area contributed by atoms with Gasteiger partial charge in [-0.25, -0.2) is 0 Å². The summed E-state index contributed by atoms with van der Waals surface area (Å²) in [5.41, 5.74) is 2.88. The molecule has 7 nitrogen and oxygen atoms in total. The molecule has 1 fully saturated rings. The molecule has 0 bridgehead atoms. The largest absolute Gasteiger partial charge is 0.507 e. The number of pyridine rings is 1. The highest BCUT2D eigenvalue weighted by molar-refractivity contribution is 6.46. The van der Waals surface area contributed by atoms with Gasteiger partial charge < -0.3 is 19.5 Å². The number of ketones is 1. The first-order chi connectivity index (χ1) is 17.0. The Morgan fingerprint density at radius 1 is 1.17 bits per heavy atom. The molecule has 0 spiro atoms. The van der Waals surface area contributed by atoms with Crippen molar-refractivity contribution in [1.82, 2.24) is 9.88 Å². The maximum Gasteiger partial charge on any atom is 0.295 e. The van der Waals surface area contributed by atoms with Crippen molar-refractivity contribution in [3.05, 3.63) is 94.8 Å². The summed E-state index contributed by atoms with van der Waals surface area (Å²) in [6, 6.07) is 15.4. The van der Waals surface area contributed by atoms with E-state index in [0.29, 0.717) is 29.9 Å². The third-order valence-electron chi connectivity index (χ3n) is 6.30. The Bertz CT molecular complexity index is 1320. The number of carbonyl (C=O) groups is 2. The van der Waals surface area contributed by atoms with E-state index in [1.807, 2.05) is 44.2 Å². The standard InChI is InChI=1S/C28H26N2O5/c1-3-34-23-9-5-4-8-21(23)25-24(26(31)19-10-11-22-20(14-19)13-17(2)35-22)27(32)28(33)30(25)16-18-7-6-12-29-15-18/h4-12,14-15,17,25,31H,3,13,16H2,1-2H3/b26-24+. The molecule has 2 atom stereocenters. The van der Waals surface area contributed by atoms with Crippen LogP contribution in [-0.4, -0.2) is 39.4 Å². The minimum absolute atomic E-state index is 0.0398. The molecule has 35 heavy (non-hydrogen) atoms. The summed E-state index contributed by atoms with van der Waals surface area (Å²) in [6.07, 6.45) is 4.07. The van der Waals surface area contributed by atoms with Crippen LogP contribution in [0.2, 0.25) is 0 Å². The minimum atomic E-state index is -0.818. The predicted octanol–water partition coefficient (Wildman–Crippen LogP) is 4.43. The number of Topliss-reactive ketones (excluding diaryl/α,β-unsaturated/α-hetero) is 1. The molecule has 2 unspecified atom stereocenters. The van der Waals surface area contributed by atoms with E-state index in [0.717, 1.165) is 16.9 Å². The smallest absolute Gasteiger partial charge is 0.295 e. The van der Waals surface area contributed by atoms with Gasteiger partial charge in [0, 0.05) is 36.5 Å². The van der Waals surface area contributed by atoms with Gasteiger partial charge in [0.2, 0.25) is 0 Å². The van der Waals surface area contributed by atoms with E-state index in [4.69, 9.17) is 9.47 Å². The molecular formula is C28H26N2O5. The van der Waals surface area contributed by atoms with Gasteiger partial charge in [-0.2, -0.15) is 0 Å². The molecule has 0 radical (unpaired) electrons. The second-order valence-electron chi connectivity index (χ2n) is 8.71. The second kappa shape index (κ2) is 9.25. The summed E-state index contributed by atoms with van der Waals surface area (Å²) in [5, 5.41) is 11.4. The zero-order valence-electron chi connectivity index (χ0n) is 19.6. The van der Waals surface area contributed by atoms with Crippen molar-refractivity contribution < 1.29 is 24.2 Å². The van der Waals surface area contributed by atoms with Crippen molar-refractivity contribution in [2.75, 3.05) is 6.61 Å². The van der Waals surface area contributed by atoms with Crippen molar-refractivity contribution in [1.29, 1.82) is 0 Å². The number of rotatable bonds is 6. The maximum atomic E-state index is 13.4. The van der Waals surface area contributed by atoms with Crippen LogP contribution >= 0.6 is 0 Å². The van der Waals surface area contributed by atoms with Crippen molar-refractivity contribution in [2.24, 2.45) is 0 Å². The highest BCUT2D eigenvalue weighted by Gasteiger charge is 2.47. The summed E-state index contributed by atoms with van der Waals surface area (Å²) in [5.74, 6) is -0.294. The molecule has 1 N–H and O–H groups in total. The van der Waals surface area contributed by atoms with E-state index in [2.05, 4.69) is 4.98 Å². The van der Waals surface area contributed by atoms with Crippen LogP contribution in [0, 0.1) is 0 Å². The Morgan fingerprint density at radius 3 is 2.77 bits per heavy atom. The quantitative estimate of drug-likeness (QED) is 0.326. The number of nitrogens with zero attached hydrogens (tertiary/aromatic N) is 2. The lowest BCUT2D eigenvalue weighted by Gasteiger charge is -2.26. The highest BCUT2D eigenvalue weighted by atomic mass is 16.5.